The number of anilines is 1. The molecule has 0 saturated carbocycles. The van der Waals surface area contributed by atoms with Gasteiger partial charge in [0.25, 0.3) is 5.91 Å². The third-order valence-electron chi connectivity index (χ3n) is 4.76. The van der Waals surface area contributed by atoms with Crippen molar-refractivity contribution in [1.29, 1.82) is 0 Å². The SMILES string of the molecule is Cc1ccc(N2C(=O)N(Cc3cnn(-c4ccccc4)c3)C(=O)C2C)cc1. The van der Waals surface area contributed by atoms with Crippen molar-refractivity contribution in [3.63, 3.8) is 0 Å². The van der Waals surface area contributed by atoms with Gasteiger partial charge in [0.15, 0.2) is 0 Å². The summed E-state index contributed by atoms with van der Waals surface area (Å²) in [5.74, 6) is -0.201. The summed E-state index contributed by atoms with van der Waals surface area (Å²) in [6, 6.07) is 16.5. The second kappa shape index (κ2) is 6.72. The maximum atomic E-state index is 12.9. The van der Waals surface area contributed by atoms with Crippen LogP contribution in [0.15, 0.2) is 67.0 Å². The van der Waals surface area contributed by atoms with Crippen LogP contribution in [-0.2, 0) is 11.3 Å². The third kappa shape index (κ3) is 3.10. The zero-order valence-electron chi connectivity index (χ0n) is 15.2. The molecule has 1 fully saturated rings. The number of urea groups is 1. The Kier molecular flexibility index (Phi) is 4.24. The number of aryl methyl sites for hydroxylation is 1. The van der Waals surface area contributed by atoms with Crippen LogP contribution in [0, 0.1) is 6.92 Å². The fourth-order valence-electron chi connectivity index (χ4n) is 3.26. The summed E-state index contributed by atoms with van der Waals surface area (Å²) in [4.78, 5) is 28.4. The van der Waals surface area contributed by atoms with Crippen LogP contribution in [0.4, 0.5) is 10.5 Å². The molecule has 1 saturated heterocycles. The number of carbonyl (C=O) groups is 2. The van der Waals surface area contributed by atoms with E-state index in [1.807, 2.05) is 67.7 Å². The van der Waals surface area contributed by atoms with Gasteiger partial charge in [0.05, 0.1) is 18.4 Å². The molecule has 1 aromatic heterocycles. The number of amides is 3. The van der Waals surface area contributed by atoms with E-state index in [0.717, 1.165) is 22.5 Å². The van der Waals surface area contributed by atoms with E-state index in [4.69, 9.17) is 0 Å². The van der Waals surface area contributed by atoms with Crippen molar-refractivity contribution in [2.75, 3.05) is 4.90 Å². The normalized spacial score (nSPS) is 17.0. The average Bonchev–Trinajstić information content (AvgIpc) is 3.23. The summed E-state index contributed by atoms with van der Waals surface area (Å²) < 4.78 is 1.74. The van der Waals surface area contributed by atoms with E-state index < -0.39 is 6.04 Å². The molecule has 0 spiro atoms. The number of hydrogen-bond acceptors (Lipinski definition) is 3. The maximum absolute atomic E-state index is 12.9. The lowest BCUT2D eigenvalue weighted by atomic mass is 10.2. The first-order chi connectivity index (χ1) is 13.0. The molecule has 0 radical (unpaired) electrons. The molecule has 0 bridgehead atoms. The van der Waals surface area contributed by atoms with Crippen molar-refractivity contribution in [2.24, 2.45) is 0 Å². The molecule has 6 heteroatoms. The molecule has 1 unspecified atom stereocenters. The second-order valence-corrected chi connectivity index (χ2v) is 6.72. The molecule has 2 aromatic carbocycles. The quantitative estimate of drug-likeness (QED) is 0.669. The van der Waals surface area contributed by atoms with Crippen LogP contribution < -0.4 is 4.90 Å². The number of para-hydroxylation sites is 1. The van der Waals surface area contributed by atoms with Crippen molar-refractivity contribution in [1.82, 2.24) is 14.7 Å². The third-order valence-corrected chi connectivity index (χ3v) is 4.76. The Labute approximate surface area is 157 Å². The molecule has 136 valence electrons. The minimum Gasteiger partial charge on any atom is -0.282 e. The number of carbonyl (C=O) groups excluding carboxylic acids is 2. The van der Waals surface area contributed by atoms with Crippen molar-refractivity contribution in [3.05, 3.63) is 78.1 Å². The highest BCUT2D eigenvalue weighted by molar-refractivity contribution is 6.13. The van der Waals surface area contributed by atoms with Gasteiger partial charge < -0.3 is 0 Å². The summed E-state index contributed by atoms with van der Waals surface area (Å²) in [6.45, 7) is 3.95. The van der Waals surface area contributed by atoms with Crippen LogP contribution in [0.5, 0.6) is 0 Å². The molecule has 6 nitrogen and oxygen atoms in total. The molecule has 0 N–H and O–H groups in total. The number of imide groups is 1. The minimum atomic E-state index is -0.524. The van der Waals surface area contributed by atoms with Crippen LogP contribution >= 0.6 is 0 Å². The molecular formula is C21H20N4O2. The van der Waals surface area contributed by atoms with Gasteiger partial charge in [0.2, 0.25) is 0 Å². The van der Waals surface area contributed by atoms with Crippen LogP contribution in [0.3, 0.4) is 0 Å². The van der Waals surface area contributed by atoms with Gasteiger partial charge in [-0.2, -0.15) is 5.10 Å². The maximum Gasteiger partial charge on any atom is 0.332 e. The molecule has 3 aromatic rings. The van der Waals surface area contributed by atoms with Crippen LogP contribution in [0.2, 0.25) is 0 Å². The Morgan fingerprint density at radius 2 is 1.67 bits per heavy atom. The number of benzene rings is 2. The van der Waals surface area contributed by atoms with Gasteiger partial charge in [-0.25, -0.2) is 9.48 Å². The van der Waals surface area contributed by atoms with E-state index >= 15 is 0 Å². The Morgan fingerprint density at radius 3 is 2.37 bits per heavy atom. The predicted molar refractivity (Wildman–Crippen MR) is 103 cm³/mol. The monoisotopic (exact) mass is 360 g/mol. The van der Waals surface area contributed by atoms with E-state index in [1.54, 1.807) is 22.7 Å². The van der Waals surface area contributed by atoms with Crippen molar-refractivity contribution in [3.8, 4) is 5.69 Å². The van der Waals surface area contributed by atoms with E-state index in [-0.39, 0.29) is 18.5 Å². The van der Waals surface area contributed by atoms with E-state index in [2.05, 4.69) is 5.10 Å². The Bertz CT molecular complexity index is 979. The number of hydrogen-bond donors (Lipinski definition) is 0. The van der Waals surface area contributed by atoms with Crippen LogP contribution in [-0.4, -0.2) is 32.7 Å². The van der Waals surface area contributed by atoms with Gasteiger partial charge in [0.1, 0.15) is 6.04 Å². The van der Waals surface area contributed by atoms with Gasteiger partial charge >= 0.3 is 6.03 Å². The summed E-state index contributed by atoms with van der Waals surface area (Å²) >= 11 is 0. The van der Waals surface area contributed by atoms with Crippen molar-refractivity contribution in [2.45, 2.75) is 26.4 Å². The van der Waals surface area contributed by atoms with Crippen molar-refractivity contribution >= 4 is 17.6 Å². The minimum absolute atomic E-state index is 0.201. The Balaban J connectivity index is 1.56. The highest BCUT2D eigenvalue weighted by Gasteiger charge is 2.43. The molecule has 1 aliphatic rings. The van der Waals surface area contributed by atoms with Crippen molar-refractivity contribution < 1.29 is 9.59 Å². The molecule has 1 atom stereocenters. The summed E-state index contributed by atoms with van der Waals surface area (Å²) in [5, 5.41) is 4.34. The first-order valence-electron chi connectivity index (χ1n) is 8.85. The fraction of sp³-hybridized carbons (Fsp3) is 0.190. The highest BCUT2D eigenvalue weighted by Crippen LogP contribution is 2.27. The smallest absolute Gasteiger partial charge is 0.282 e. The molecule has 1 aliphatic heterocycles. The number of nitrogens with zero attached hydrogens (tertiary/aromatic N) is 4. The lowest BCUT2D eigenvalue weighted by Gasteiger charge is -2.19. The topological polar surface area (TPSA) is 58.4 Å². The molecule has 3 amide bonds. The zero-order chi connectivity index (χ0) is 19.0. The lowest BCUT2D eigenvalue weighted by Crippen LogP contribution is -2.33. The van der Waals surface area contributed by atoms with Gasteiger partial charge in [0, 0.05) is 17.4 Å². The summed E-state index contributed by atoms with van der Waals surface area (Å²) in [6.07, 6.45) is 3.53. The van der Waals surface area contributed by atoms with Gasteiger partial charge in [-0.1, -0.05) is 35.9 Å². The van der Waals surface area contributed by atoms with E-state index in [0.29, 0.717) is 0 Å². The van der Waals surface area contributed by atoms with Crippen LogP contribution in [0.1, 0.15) is 18.1 Å². The first kappa shape index (κ1) is 17.0. The molecular weight excluding hydrogens is 340 g/mol. The molecule has 0 aliphatic carbocycles. The predicted octanol–water partition coefficient (Wildman–Crippen LogP) is 3.54. The Morgan fingerprint density at radius 1 is 0.963 bits per heavy atom. The van der Waals surface area contributed by atoms with E-state index in [1.165, 1.54) is 4.90 Å². The summed E-state index contributed by atoms with van der Waals surface area (Å²) in [7, 11) is 0. The lowest BCUT2D eigenvalue weighted by molar-refractivity contribution is -0.127. The van der Waals surface area contributed by atoms with Crippen LogP contribution in [0.25, 0.3) is 5.69 Å². The standard InChI is InChI=1S/C21H20N4O2/c1-15-8-10-19(11-9-15)25-16(2)20(26)23(21(25)27)13-17-12-22-24(14-17)18-6-4-3-5-7-18/h3-12,14,16H,13H2,1-2H3. The molecule has 4 rings (SSSR count). The second-order valence-electron chi connectivity index (χ2n) is 6.72. The first-order valence-corrected chi connectivity index (χ1v) is 8.85. The number of aromatic nitrogens is 2. The summed E-state index contributed by atoms with van der Waals surface area (Å²) in [5.41, 5.74) is 3.57. The zero-order valence-corrected chi connectivity index (χ0v) is 15.2. The highest BCUT2D eigenvalue weighted by atomic mass is 16.2. The van der Waals surface area contributed by atoms with Gasteiger partial charge in [-0.05, 0) is 38.1 Å². The average molecular weight is 360 g/mol. The van der Waals surface area contributed by atoms with Gasteiger partial charge in [-0.15, -0.1) is 0 Å². The number of rotatable bonds is 4. The molecule has 27 heavy (non-hydrogen) atoms. The Hall–Kier alpha value is -3.41. The van der Waals surface area contributed by atoms with Gasteiger partial charge in [-0.3, -0.25) is 14.6 Å². The molecule has 2 heterocycles. The fourth-order valence-corrected chi connectivity index (χ4v) is 3.26. The van der Waals surface area contributed by atoms with E-state index in [9.17, 15) is 9.59 Å². The largest absolute Gasteiger partial charge is 0.332 e.